The highest BCUT2D eigenvalue weighted by molar-refractivity contribution is 7.99. The van der Waals surface area contributed by atoms with E-state index in [1.54, 1.807) is 11.8 Å². The van der Waals surface area contributed by atoms with Crippen molar-refractivity contribution in [1.29, 1.82) is 0 Å². The Balaban J connectivity index is 1.62. The summed E-state index contributed by atoms with van der Waals surface area (Å²) in [5.74, 6) is 1.64. The molecule has 4 heteroatoms. The molecule has 0 saturated carbocycles. The SMILES string of the molecule is O=C(CC(Sc1ccccc1)c1ccc2c(c1)OCO2)c1ccccc1. The summed E-state index contributed by atoms with van der Waals surface area (Å²) < 4.78 is 10.9. The number of Topliss-reactive ketones (excluding diaryl/α,β-unsaturated/α-hetero) is 1. The van der Waals surface area contributed by atoms with Crippen LogP contribution in [0.3, 0.4) is 0 Å². The predicted octanol–water partition coefficient (Wildman–Crippen LogP) is 5.52. The Morgan fingerprint density at radius 3 is 2.35 bits per heavy atom. The van der Waals surface area contributed by atoms with Crippen LogP contribution in [0.4, 0.5) is 0 Å². The maximum atomic E-state index is 12.8. The zero-order chi connectivity index (χ0) is 17.8. The number of hydrogen-bond donors (Lipinski definition) is 0. The summed E-state index contributed by atoms with van der Waals surface area (Å²) in [4.78, 5) is 13.9. The molecule has 0 aliphatic carbocycles. The smallest absolute Gasteiger partial charge is 0.231 e. The number of benzene rings is 3. The Labute approximate surface area is 157 Å². The van der Waals surface area contributed by atoms with Crippen LogP contribution in [0, 0.1) is 0 Å². The van der Waals surface area contributed by atoms with E-state index in [9.17, 15) is 4.79 Å². The molecule has 0 bridgehead atoms. The van der Waals surface area contributed by atoms with Crippen LogP contribution in [0.25, 0.3) is 0 Å². The molecule has 1 unspecified atom stereocenters. The third-order valence-corrected chi connectivity index (χ3v) is 5.52. The van der Waals surface area contributed by atoms with E-state index in [-0.39, 0.29) is 17.8 Å². The highest BCUT2D eigenvalue weighted by Crippen LogP contribution is 2.42. The molecular weight excluding hydrogens is 344 g/mol. The predicted molar refractivity (Wildman–Crippen MR) is 103 cm³/mol. The average molecular weight is 362 g/mol. The van der Waals surface area contributed by atoms with Crippen molar-refractivity contribution in [1.82, 2.24) is 0 Å². The van der Waals surface area contributed by atoms with Crippen molar-refractivity contribution in [3.8, 4) is 11.5 Å². The molecule has 4 rings (SSSR count). The average Bonchev–Trinajstić information content (AvgIpc) is 3.17. The molecule has 0 N–H and O–H groups in total. The van der Waals surface area contributed by atoms with E-state index in [2.05, 4.69) is 12.1 Å². The number of rotatable bonds is 6. The molecule has 1 heterocycles. The van der Waals surface area contributed by atoms with Crippen LogP contribution >= 0.6 is 11.8 Å². The lowest BCUT2D eigenvalue weighted by Crippen LogP contribution is -2.05. The van der Waals surface area contributed by atoms with Crippen molar-refractivity contribution in [2.75, 3.05) is 6.79 Å². The molecule has 0 saturated heterocycles. The molecule has 3 aromatic carbocycles. The summed E-state index contributed by atoms with van der Waals surface area (Å²) in [6, 6.07) is 25.5. The molecule has 130 valence electrons. The molecule has 1 aliphatic rings. The van der Waals surface area contributed by atoms with Gasteiger partial charge in [0.25, 0.3) is 0 Å². The van der Waals surface area contributed by atoms with Crippen LogP contribution in [0.15, 0.2) is 83.8 Å². The first-order valence-corrected chi connectivity index (χ1v) is 9.37. The Morgan fingerprint density at radius 2 is 1.58 bits per heavy atom. The van der Waals surface area contributed by atoms with E-state index >= 15 is 0 Å². The third-order valence-electron chi connectivity index (χ3n) is 4.26. The van der Waals surface area contributed by atoms with Gasteiger partial charge in [-0.15, -0.1) is 11.8 Å². The molecule has 0 amide bonds. The summed E-state index contributed by atoms with van der Waals surface area (Å²) in [5, 5.41) is -0.000365. The number of fused-ring (bicyclic) bond motifs is 1. The number of ketones is 1. The van der Waals surface area contributed by atoms with Gasteiger partial charge in [-0.1, -0.05) is 54.6 Å². The second-order valence-corrected chi connectivity index (χ2v) is 7.30. The van der Waals surface area contributed by atoms with Gasteiger partial charge in [0.05, 0.1) is 0 Å². The quantitative estimate of drug-likeness (QED) is 0.427. The molecule has 1 atom stereocenters. The van der Waals surface area contributed by atoms with Crippen LogP contribution in [0.2, 0.25) is 0 Å². The van der Waals surface area contributed by atoms with Crippen LogP contribution in [0.5, 0.6) is 11.5 Å². The van der Waals surface area contributed by atoms with Gasteiger partial charge in [0.2, 0.25) is 6.79 Å². The van der Waals surface area contributed by atoms with Crippen LogP contribution in [-0.2, 0) is 0 Å². The number of thioether (sulfide) groups is 1. The van der Waals surface area contributed by atoms with Crippen LogP contribution in [0.1, 0.15) is 27.6 Å². The molecule has 0 radical (unpaired) electrons. The van der Waals surface area contributed by atoms with Gasteiger partial charge in [-0.25, -0.2) is 0 Å². The van der Waals surface area contributed by atoms with Gasteiger partial charge in [-0.3, -0.25) is 4.79 Å². The van der Waals surface area contributed by atoms with E-state index in [0.717, 1.165) is 27.5 Å². The first kappa shape index (κ1) is 16.7. The first-order valence-electron chi connectivity index (χ1n) is 8.49. The van der Waals surface area contributed by atoms with Crippen molar-refractivity contribution in [2.45, 2.75) is 16.6 Å². The van der Waals surface area contributed by atoms with E-state index in [4.69, 9.17) is 9.47 Å². The minimum Gasteiger partial charge on any atom is -0.454 e. The van der Waals surface area contributed by atoms with Gasteiger partial charge in [0.1, 0.15) is 0 Å². The van der Waals surface area contributed by atoms with Gasteiger partial charge >= 0.3 is 0 Å². The van der Waals surface area contributed by atoms with Gasteiger partial charge in [-0.2, -0.15) is 0 Å². The second-order valence-electron chi connectivity index (χ2n) is 6.03. The zero-order valence-electron chi connectivity index (χ0n) is 14.1. The van der Waals surface area contributed by atoms with Crippen molar-refractivity contribution in [2.24, 2.45) is 0 Å². The maximum absolute atomic E-state index is 12.8. The first-order chi connectivity index (χ1) is 12.8. The number of carbonyl (C=O) groups excluding carboxylic acids is 1. The van der Waals surface area contributed by atoms with Gasteiger partial charge in [-0.05, 0) is 29.8 Å². The van der Waals surface area contributed by atoms with Crippen molar-refractivity contribution < 1.29 is 14.3 Å². The van der Waals surface area contributed by atoms with Gasteiger partial charge in [0.15, 0.2) is 17.3 Å². The number of ether oxygens (including phenoxy) is 2. The van der Waals surface area contributed by atoms with Crippen molar-refractivity contribution >= 4 is 17.5 Å². The molecule has 1 aliphatic heterocycles. The third kappa shape index (κ3) is 3.75. The summed E-state index contributed by atoms with van der Waals surface area (Å²) in [6.07, 6.45) is 0.420. The maximum Gasteiger partial charge on any atom is 0.231 e. The number of hydrogen-bond acceptors (Lipinski definition) is 4. The number of carbonyl (C=O) groups is 1. The lowest BCUT2D eigenvalue weighted by Gasteiger charge is -2.17. The largest absolute Gasteiger partial charge is 0.454 e. The van der Waals surface area contributed by atoms with E-state index in [1.165, 1.54) is 0 Å². The normalized spacial score (nSPS) is 13.4. The second kappa shape index (κ2) is 7.67. The minimum atomic E-state index is -0.000365. The Morgan fingerprint density at radius 1 is 0.885 bits per heavy atom. The lowest BCUT2D eigenvalue weighted by atomic mass is 10.0. The molecular formula is C22H18O3S. The highest BCUT2D eigenvalue weighted by atomic mass is 32.2. The van der Waals surface area contributed by atoms with E-state index < -0.39 is 0 Å². The topological polar surface area (TPSA) is 35.5 Å². The van der Waals surface area contributed by atoms with Crippen molar-refractivity contribution in [3.63, 3.8) is 0 Å². The standard InChI is InChI=1S/C22H18O3S/c23-19(16-7-3-1-4-8-16)14-22(26-18-9-5-2-6-10-18)17-11-12-20-21(13-17)25-15-24-20/h1-13,22H,14-15H2. The fourth-order valence-electron chi connectivity index (χ4n) is 2.91. The fraction of sp³-hybridized carbons (Fsp3) is 0.136. The molecule has 3 aromatic rings. The van der Waals surface area contributed by atoms with Gasteiger partial charge < -0.3 is 9.47 Å². The zero-order valence-corrected chi connectivity index (χ0v) is 14.9. The Bertz CT molecular complexity index is 894. The van der Waals surface area contributed by atoms with Gasteiger partial charge in [0, 0.05) is 22.1 Å². The van der Waals surface area contributed by atoms with Crippen LogP contribution in [-0.4, -0.2) is 12.6 Å². The summed E-state index contributed by atoms with van der Waals surface area (Å²) in [6.45, 7) is 0.248. The molecule has 0 fully saturated rings. The fourth-order valence-corrected chi connectivity index (χ4v) is 4.07. The molecule has 0 aromatic heterocycles. The summed E-state index contributed by atoms with van der Waals surface area (Å²) in [5.41, 5.74) is 1.80. The highest BCUT2D eigenvalue weighted by Gasteiger charge is 2.22. The molecule has 0 spiro atoms. The summed E-state index contributed by atoms with van der Waals surface area (Å²) in [7, 11) is 0. The van der Waals surface area contributed by atoms with Crippen LogP contribution < -0.4 is 9.47 Å². The Hall–Kier alpha value is -2.72. The monoisotopic (exact) mass is 362 g/mol. The van der Waals surface area contributed by atoms with E-state index in [0.29, 0.717) is 6.42 Å². The lowest BCUT2D eigenvalue weighted by molar-refractivity contribution is 0.0982. The van der Waals surface area contributed by atoms with E-state index in [1.807, 2.05) is 66.7 Å². The molecule has 3 nitrogen and oxygen atoms in total. The minimum absolute atomic E-state index is 0.000365. The molecule has 26 heavy (non-hydrogen) atoms. The van der Waals surface area contributed by atoms with Crippen molar-refractivity contribution in [3.05, 3.63) is 90.0 Å². The summed E-state index contributed by atoms with van der Waals surface area (Å²) >= 11 is 1.69. The Kier molecular flexibility index (Phi) is 4.93.